The molecule has 1 aromatic heterocycles. The molecular formula is C26H30N4OS. The van der Waals surface area contributed by atoms with E-state index in [9.17, 15) is 5.11 Å². The summed E-state index contributed by atoms with van der Waals surface area (Å²) in [5, 5.41) is 19.2. The summed E-state index contributed by atoms with van der Waals surface area (Å²) in [6.07, 6.45) is 0.201. The fourth-order valence-corrected chi connectivity index (χ4v) is 5.49. The molecule has 0 bridgehead atoms. The number of nitrogens with zero attached hydrogens (tertiary/aromatic N) is 2. The highest BCUT2D eigenvalue weighted by Gasteiger charge is 2.29. The average molecular weight is 447 g/mol. The van der Waals surface area contributed by atoms with Crippen LogP contribution in [0.25, 0.3) is 0 Å². The second-order valence-electron chi connectivity index (χ2n) is 8.88. The molecule has 1 fully saturated rings. The number of anilines is 2. The summed E-state index contributed by atoms with van der Waals surface area (Å²) in [5.41, 5.74) is 4.17. The predicted octanol–water partition coefficient (Wildman–Crippen LogP) is 5.40. The number of aliphatic hydroxyl groups excluding tert-OH is 1. The summed E-state index contributed by atoms with van der Waals surface area (Å²) >= 11 is 1.82. The van der Waals surface area contributed by atoms with Crippen LogP contribution in [0.4, 0.5) is 16.4 Å². The number of rotatable bonds is 4. The molecule has 3 heterocycles. The van der Waals surface area contributed by atoms with Gasteiger partial charge in [-0.15, -0.1) is 11.3 Å². The van der Waals surface area contributed by atoms with Crippen molar-refractivity contribution in [3.63, 3.8) is 0 Å². The second-order valence-corrected chi connectivity index (χ2v) is 9.97. The highest BCUT2D eigenvalue weighted by atomic mass is 32.1. The van der Waals surface area contributed by atoms with Crippen molar-refractivity contribution in [2.75, 3.05) is 25.0 Å². The van der Waals surface area contributed by atoms with Gasteiger partial charge in [0.05, 0.1) is 23.0 Å². The lowest BCUT2D eigenvalue weighted by molar-refractivity contribution is 0.136. The smallest absolute Gasteiger partial charge is 0.139 e. The summed E-state index contributed by atoms with van der Waals surface area (Å²) in [6, 6.07) is 20.7. The molecule has 0 spiro atoms. The Morgan fingerprint density at radius 1 is 1.12 bits per heavy atom. The molecule has 32 heavy (non-hydrogen) atoms. The Balaban J connectivity index is 1.44. The van der Waals surface area contributed by atoms with E-state index in [1.54, 1.807) is 0 Å². The maximum Gasteiger partial charge on any atom is 0.139 e. The molecule has 2 atom stereocenters. The summed E-state index contributed by atoms with van der Waals surface area (Å²) in [6.45, 7) is 7.06. The quantitative estimate of drug-likeness (QED) is 0.502. The van der Waals surface area contributed by atoms with Crippen LogP contribution in [0.2, 0.25) is 0 Å². The van der Waals surface area contributed by atoms with Gasteiger partial charge in [-0.05, 0) is 36.1 Å². The molecular weight excluding hydrogens is 416 g/mol. The predicted molar refractivity (Wildman–Crippen MR) is 134 cm³/mol. The number of benzene rings is 2. The number of aliphatic imine (C=N–C) groups is 1. The summed E-state index contributed by atoms with van der Waals surface area (Å²) in [4.78, 5) is 8.89. The van der Waals surface area contributed by atoms with Crippen molar-refractivity contribution in [1.29, 1.82) is 0 Å². The van der Waals surface area contributed by atoms with Crippen LogP contribution in [0.1, 0.15) is 48.3 Å². The Hall–Kier alpha value is -2.67. The molecule has 2 aromatic carbocycles. The second kappa shape index (κ2) is 9.06. The normalized spacial score (nSPS) is 18.9. The van der Waals surface area contributed by atoms with Crippen molar-refractivity contribution in [1.82, 2.24) is 10.2 Å². The molecule has 0 amide bonds. The van der Waals surface area contributed by atoms with E-state index in [-0.39, 0.29) is 6.04 Å². The number of nitrogens with one attached hydrogen (secondary N) is 2. The number of hydrogen-bond donors (Lipinski definition) is 3. The van der Waals surface area contributed by atoms with E-state index in [4.69, 9.17) is 4.99 Å². The highest BCUT2D eigenvalue weighted by Crippen LogP contribution is 2.41. The molecule has 166 valence electrons. The number of hydrogen-bond acceptors (Lipinski definition) is 6. The third kappa shape index (κ3) is 4.31. The van der Waals surface area contributed by atoms with Gasteiger partial charge < -0.3 is 20.6 Å². The van der Waals surface area contributed by atoms with Crippen molar-refractivity contribution in [3.05, 3.63) is 76.7 Å². The summed E-state index contributed by atoms with van der Waals surface area (Å²) in [5.74, 6) is 1.50. The van der Waals surface area contributed by atoms with Crippen molar-refractivity contribution in [2.24, 2.45) is 4.99 Å². The molecule has 6 heteroatoms. The Kier molecular flexibility index (Phi) is 6.00. The zero-order valence-electron chi connectivity index (χ0n) is 18.6. The largest absolute Gasteiger partial charge is 0.388 e. The van der Waals surface area contributed by atoms with Gasteiger partial charge in [0.2, 0.25) is 0 Å². The zero-order chi connectivity index (χ0) is 22.1. The molecule has 3 N–H and O–H groups in total. The molecule has 5 rings (SSSR count). The van der Waals surface area contributed by atoms with E-state index in [0.717, 1.165) is 47.4 Å². The minimum absolute atomic E-state index is 0.194. The third-order valence-corrected chi connectivity index (χ3v) is 7.54. The Bertz CT molecular complexity index is 1110. The molecule has 5 nitrogen and oxygen atoms in total. The van der Waals surface area contributed by atoms with Crippen LogP contribution in [0.3, 0.4) is 0 Å². The van der Waals surface area contributed by atoms with E-state index in [2.05, 4.69) is 53.6 Å². The number of thiophene rings is 1. The fourth-order valence-electron chi connectivity index (χ4n) is 4.42. The lowest BCUT2D eigenvalue weighted by atomic mass is 10.00. The van der Waals surface area contributed by atoms with Crippen LogP contribution in [0, 0.1) is 0 Å². The van der Waals surface area contributed by atoms with E-state index in [1.807, 2.05) is 47.7 Å². The minimum atomic E-state index is -0.476. The summed E-state index contributed by atoms with van der Waals surface area (Å²) in [7, 11) is 0. The standard InChI is InChI=1S/C26H30N4OS/c1-17(2)24-15-20-25(28-21-10-6-7-11-22(21)29-26(20)32-24)30-13-12-27-19(16-30)14-23(31)18-8-4-3-5-9-18/h3-11,15,17,19,23,27,29,31H,12-14,16H2,1-2H3/t19-,23+/m0/s1. The van der Waals surface area contributed by atoms with Gasteiger partial charge in [-0.25, -0.2) is 4.99 Å². The maximum atomic E-state index is 10.8. The van der Waals surface area contributed by atoms with Crippen LogP contribution >= 0.6 is 11.3 Å². The van der Waals surface area contributed by atoms with Crippen molar-refractivity contribution < 1.29 is 5.11 Å². The molecule has 0 radical (unpaired) electrons. The van der Waals surface area contributed by atoms with Crippen molar-refractivity contribution in [2.45, 2.75) is 38.3 Å². The molecule has 0 unspecified atom stereocenters. The van der Waals surface area contributed by atoms with Crippen molar-refractivity contribution in [3.8, 4) is 0 Å². The first-order chi connectivity index (χ1) is 15.6. The Morgan fingerprint density at radius 3 is 2.72 bits per heavy atom. The lowest BCUT2D eigenvalue weighted by Gasteiger charge is -2.36. The number of piperazine rings is 1. The summed E-state index contributed by atoms with van der Waals surface area (Å²) < 4.78 is 0. The van der Waals surface area contributed by atoms with Gasteiger partial charge in [-0.3, -0.25) is 0 Å². The first-order valence-electron chi connectivity index (χ1n) is 11.4. The average Bonchev–Trinajstić information content (AvgIpc) is 3.16. The molecule has 2 aliphatic rings. The van der Waals surface area contributed by atoms with Crippen LogP contribution < -0.4 is 10.6 Å². The molecule has 0 aliphatic carbocycles. The monoisotopic (exact) mass is 446 g/mol. The molecule has 1 saturated heterocycles. The minimum Gasteiger partial charge on any atom is -0.388 e. The molecule has 2 aliphatic heterocycles. The van der Waals surface area contributed by atoms with Gasteiger partial charge in [0, 0.05) is 30.6 Å². The number of amidine groups is 1. The number of para-hydroxylation sites is 2. The van der Waals surface area contributed by atoms with Crippen LogP contribution in [0.5, 0.6) is 0 Å². The van der Waals surface area contributed by atoms with Gasteiger partial charge >= 0.3 is 0 Å². The molecule has 3 aromatic rings. The van der Waals surface area contributed by atoms with Gasteiger partial charge in [0.25, 0.3) is 0 Å². The topological polar surface area (TPSA) is 59.9 Å². The third-order valence-electron chi connectivity index (χ3n) is 6.19. The number of fused-ring (bicyclic) bond motifs is 2. The van der Waals surface area contributed by atoms with Crippen molar-refractivity contribution >= 4 is 33.5 Å². The first kappa shape index (κ1) is 21.2. The van der Waals surface area contributed by atoms with E-state index < -0.39 is 6.10 Å². The van der Waals surface area contributed by atoms with Crippen LogP contribution in [-0.2, 0) is 0 Å². The van der Waals surface area contributed by atoms with E-state index in [0.29, 0.717) is 12.3 Å². The SMILES string of the molecule is CC(C)c1cc2c(s1)Nc1ccccc1N=C2N1CCN[C@@H](C[C@@H](O)c2ccccc2)C1. The lowest BCUT2D eigenvalue weighted by Crippen LogP contribution is -2.53. The van der Waals surface area contributed by atoms with Gasteiger partial charge in [-0.2, -0.15) is 0 Å². The van der Waals surface area contributed by atoms with Gasteiger partial charge in [0.15, 0.2) is 0 Å². The molecule has 0 saturated carbocycles. The van der Waals surface area contributed by atoms with E-state index >= 15 is 0 Å². The zero-order valence-corrected chi connectivity index (χ0v) is 19.4. The van der Waals surface area contributed by atoms with Crippen LogP contribution in [-0.4, -0.2) is 41.5 Å². The van der Waals surface area contributed by atoms with E-state index in [1.165, 1.54) is 10.4 Å². The number of aliphatic hydroxyl groups is 1. The van der Waals surface area contributed by atoms with Gasteiger partial charge in [0.1, 0.15) is 10.8 Å². The Labute approximate surface area is 193 Å². The fraction of sp³-hybridized carbons (Fsp3) is 0.346. The Morgan fingerprint density at radius 2 is 1.91 bits per heavy atom. The maximum absolute atomic E-state index is 10.8. The van der Waals surface area contributed by atoms with Gasteiger partial charge in [-0.1, -0.05) is 56.3 Å². The van der Waals surface area contributed by atoms with Crippen LogP contribution in [0.15, 0.2) is 65.7 Å². The first-order valence-corrected chi connectivity index (χ1v) is 12.2. The highest BCUT2D eigenvalue weighted by molar-refractivity contribution is 7.16.